The lowest BCUT2D eigenvalue weighted by Crippen LogP contribution is -2.41. The van der Waals surface area contributed by atoms with Gasteiger partial charge in [-0.3, -0.25) is 9.48 Å². The molecule has 3 heterocycles. The summed E-state index contributed by atoms with van der Waals surface area (Å²) in [5.41, 5.74) is 8.17. The number of nitrogens with zero attached hydrogens (tertiary/aromatic N) is 4. The molecule has 1 amide bonds. The van der Waals surface area contributed by atoms with Gasteiger partial charge in [-0.25, -0.2) is 13.4 Å². The molecule has 3 N–H and O–H groups in total. The van der Waals surface area contributed by atoms with Crippen LogP contribution < -0.4 is 11.1 Å². The zero-order valence-electron chi connectivity index (χ0n) is 18.4. The third kappa shape index (κ3) is 5.05. The monoisotopic (exact) mass is 486 g/mol. The number of benzene rings is 1. The van der Waals surface area contributed by atoms with Crippen LogP contribution in [0.3, 0.4) is 0 Å². The number of anilines is 1. The number of primary amides is 1. The molecule has 4 rings (SSSR count). The number of hydrogen-bond donors (Lipinski definition) is 2. The number of amides is 1. The largest absolute Gasteiger partial charge is 0.366 e. The maximum atomic E-state index is 13.9. The van der Waals surface area contributed by atoms with Crippen molar-refractivity contribution < 1.29 is 13.2 Å². The van der Waals surface area contributed by atoms with E-state index in [4.69, 9.17) is 5.73 Å². The molecule has 1 saturated heterocycles. The van der Waals surface area contributed by atoms with Crippen molar-refractivity contribution in [2.24, 2.45) is 12.8 Å². The molecule has 1 fully saturated rings. The van der Waals surface area contributed by atoms with Crippen molar-refractivity contribution in [2.75, 3.05) is 23.4 Å². The number of aromatic nitrogens is 3. The van der Waals surface area contributed by atoms with E-state index in [1.807, 2.05) is 26.2 Å². The van der Waals surface area contributed by atoms with Crippen LogP contribution in [0, 0.1) is 6.92 Å². The van der Waals surface area contributed by atoms with E-state index in [1.165, 1.54) is 0 Å². The van der Waals surface area contributed by atoms with Crippen LogP contribution in [0.5, 0.6) is 0 Å². The molecule has 33 heavy (non-hydrogen) atoms. The number of sulfonamides is 1. The predicted octanol–water partition coefficient (Wildman–Crippen LogP) is 2.31. The summed E-state index contributed by atoms with van der Waals surface area (Å²) in [7, 11) is -2.03. The fourth-order valence-electron chi connectivity index (χ4n) is 3.77. The fraction of sp³-hybridized carbons (Fsp3) is 0.318. The second-order valence-corrected chi connectivity index (χ2v) is 10.9. The number of thioether (sulfide) groups is 1. The summed E-state index contributed by atoms with van der Waals surface area (Å²) in [6.07, 6.45) is 5.21. The molecule has 9 nitrogen and oxygen atoms in total. The maximum absolute atomic E-state index is 13.9. The molecule has 0 bridgehead atoms. The molecule has 0 aliphatic carbocycles. The highest BCUT2D eigenvalue weighted by Gasteiger charge is 2.37. The third-order valence-electron chi connectivity index (χ3n) is 5.44. The normalized spacial score (nSPS) is 17.1. The first kappa shape index (κ1) is 23.3. The standard InChI is InChI=1S/C22H26N6O3S2/c1-15-8-20(22(24-10-15)25-11-16-4-3-5-17(9-16)21(23)29)33(30,31)28-6-7-32-14-19(28)18-12-26-27(2)13-18/h3-5,8-10,12-13,19H,6-7,11,14H2,1-2H3,(H2,23,29)(H,24,25). The average molecular weight is 487 g/mol. The molecule has 11 heteroatoms. The van der Waals surface area contributed by atoms with Crippen molar-refractivity contribution in [3.05, 3.63) is 71.2 Å². The van der Waals surface area contributed by atoms with Crippen LogP contribution >= 0.6 is 11.8 Å². The fourth-order valence-corrected chi connectivity index (χ4v) is 6.89. The number of pyridine rings is 1. The van der Waals surface area contributed by atoms with Gasteiger partial charge in [-0.05, 0) is 36.2 Å². The van der Waals surface area contributed by atoms with Crippen LogP contribution in [0.25, 0.3) is 0 Å². The van der Waals surface area contributed by atoms with Crippen LogP contribution in [0.2, 0.25) is 0 Å². The number of hydrogen-bond acceptors (Lipinski definition) is 7. The first-order chi connectivity index (χ1) is 15.8. The van der Waals surface area contributed by atoms with Crippen molar-refractivity contribution in [1.82, 2.24) is 19.1 Å². The molecule has 1 atom stereocenters. The van der Waals surface area contributed by atoms with Gasteiger partial charge in [0.1, 0.15) is 10.7 Å². The Balaban J connectivity index is 1.65. The zero-order valence-corrected chi connectivity index (χ0v) is 20.1. The Bertz CT molecular complexity index is 1270. The Kier molecular flexibility index (Phi) is 6.73. The Hall–Kier alpha value is -2.89. The average Bonchev–Trinajstić information content (AvgIpc) is 3.24. The van der Waals surface area contributed by atoms with Crippen LogP contribution in [0.15, 0.2) is 53.8 Å². The first-order valence-corrected chi connectivity index (χ1v) is 13.0. The number of nitrogens with one attached hydrogen (secondary N) is 1. The van der Waals surface area contributed by atoms with Gasteiger partial charge < -0.3 is 11.1 Å². The van der Waals surface area contributed by atoms with Gasteiger partial charge in [0, 0.05) is 55.2 Å². The summed E-state index contributed by atoms with van der Waals surface area (Å²) >= 11 is 1.73. The number of carbonyl (C=O) groups is 1. The van der Waals surface area contributed by atoms with Gasteiger partial charge in [0.25, 0.3) is 0 Å². The van der Waals surface area contributed by atoms with Crippen molar-refractivity contribution >= 4 is 33.5 Å². The summed E-state index contributed by atoms with van der Waals surface area (Å²) < 4.78 is 30.9. The van der Waals surface area contributed by atoms with E-state index in [0.29, 0.717) is 24.4 Å². The van der Waals surface area contributed by atoms with Crippen molar-refractivity contribution in [3.8, 4) is 0 Å². The second kappa shape index (κ2) is 9.54. The minimum atomic E-state index is -3.85. The number of aryl methyl sites for hydroxylation is 2. The molecule has 174 valence electrons. The summed E-state index contributed by atoms with van der Waals surface area (Å²) in [5.74, 6) is 1.14. The Morgan fingerprint density at radius 3 is 2.85 bits per heavy atom. The Morgan fingerprint density at radius 1 is 1.30 bits per heavy atom. The summed E-state index contributed by atoms with van der Waals surface area (Å²) in [5, 5.41) is 7.36. The zero-order chi connectivity index (χ0) is 23.6. The SMILES string of the molecule is Cc1cnc(NCc2cccc(C(N)=O)c2)c(S(=O)(=O)N2CCSCC2c2cnn(C)c2)c1. The number of carbonyl (C=O) groups excluding carboxylic acids is 1. The topological polar surface area (TPSA) is 123 Å². The lowest BCUT2D eigenvalue weighted by Gasteiger charge is -2.34. The van der Waals surface area contributed by atoms with Gasteiger partial charge in [0.15, 0.2) is 0 Å². The van der Waals surface area contributed by atoms with Crippen LogP contribution in [0.4, 0.5) is 5.82 Å². The minimum absolute atomic E-state index is 0.134. The molecule has 1 unspecified atom stereocenters. The van der Waals surface area contributed by atoms with Gasteiger partial charge in [-0.1, -0.05) is 12.1 Å². The van der Waals surface area contributed by atoms with E-state index >= 15 is 0 Å². The van der Waals surface area contributed by atoms with Gasteiger partial charge >= 0.3 is 0 Å². The molecular weight excluding hydrogens is 460 g/mol. The lowest BCUT2D eigenvalue weighted by molar-refractivity contribution is 0.1000. The highest BCUT2D eigenvalue weighted by molar-refractivity contribution is 7.99. The van der Waals surface area contributed by atoms with E-state index in [2.05, 4.69) is 15.4 Å². The van der Waals surface area contributed by atoms with E-state index in [0.717, 1.165) is 22.4 Å². The van der Waals surface area contributed by atoms with Gasteiger partial charge in [-0.2, -0.15) is 21.2 Å². The predicted molar refractivity (Wildman–Crippen MR) is 128 cm³/mol. The van der Waals surface area contributed by atoms with Crippen molar-refractivity contribution in [3.63, 3.8) is 0 Å². The lowest BCUT2D eigenvalue weighted by atomic mass is 10.1. The smallest absolute Gasteiger partial charge is 0.248 e. The minimum Gasteiger partial charge on any atom is -0.366 e. The highest BCUT2D eigenvalue weighted by atomic mass is 32.2. The summed E-state index contributed by atoms with van der Waals surface area (Å²) in [6.45, 7) is 2.51. The van der Waals surface area contributed by atoms with E-state index in [-0.39, 0.29) is 16.8 Å². The quantitative estimate of drug-likeness (QED) is 0.525. The van der Waals surface area contributed by atoms with Crippen molar-refractivity contribution in [1.29, 1.82) is 0 Å². The van der Waals surface area contributed by atoms with Crippen LogP contribution in [-0.4, -0.2) is 51.4 Å². The molecular formula is C22H26N6O3S2. The Morgan fingerprint density at radius 2 is 2.12 bits per heavy atom. The Labute approximate surface area is 197 Å². The molecule has 1 aliphatic rings. The summed E-state index contributed by atoms with van der Waals surface area (Å²) in [6, 6.07) is 8.23. The highest BCUT2D eigenvalue weighted by Crippen LogP contribution is 2.36. The second-order valence-electron chi connectivity index (χ2n) is 7.93. The van der Waals surface area contributed by atoms with E-state index in [9.17, 15) is 13.2 Å². The molecule has 1 aliphatic heterocycles. The van der Waals surface area contributed by atoms with Gasteiger partial charge in [0.05, 0.1) is 12.2 Å². The molecule has 2 aromatic heterocycles. The van der Waals surface area contributed by atoms with E-state index in [1.54, 1.807) is 57.4 Å². The first-order valence-electron chi connectivity index (χ1n) is 10.4. The van der Waals surface area contributed by atoms with Gasteiger partial charge in [0.2, 0.25) is 15.9 Å². The number of nitrogens with two attached hydrogens (primary N) is 1. The summed E-state index contributed by atoms with van der Waals surface area (Å²) in [4.78, 5) is 16.0. The molecule has 0 saturated carbocycles. The van der Waals surface area contributed by atoms with Crippen LogP contribution in [0.1, 0.15) is 33.1 Å². The molecule has 0 radical (unpaired) electrons. The molecule has 1 aromatic carbocycles. The molecule has 0 spiro atoms. The maximum Gasteiger partial charge on any atom is 0.248 e. The third-order valence-corrected chi connectivity index (χ3v) is 8.38. The molecule has 3 aromatic rings. The van der Waals surface area contributed by atoms with Gasteiger partial charge in [-0.15, -0.1) is 0 Å². The number of rotatable bonds is 7. The van der Waals surface area contributed by atoms with Crippen molar-refractivity contribution in [2.45, 2.75) is 24.4 Å². The van der Waals surface area contributed by atoms with E-state index < -0.39 is 15.9 Å². The van der Waals surface area contributed by atoms with Crippen LogP contribution in [-0.2, 0) is 23.6 Å².